The van der Waals surface area contributed by atoms with Crippen molar-refractivity contribution in [2.45, 2.75) is 82.3 Å². The van der Waals surface area contributed by atoms with Gasteiger partial charge >= 0.3 is 18.1 Å². The summed E-state index contributed by atoms with van der Waals surface area (Å²) in [6.45, 7) is 4.67. The molecular formula is C31H37F3N2O4. The number of nitrogens with zero attached hydrogens (tertiary/aromatic N) is 1. The summed E-state index contributed by atoms with van der Waals surface area (Å²) in [7, 11) is 0. The van der Waals surface area contributed by atoms with Crippen molar-refractivity contribution in [1.29, 1.82) is 0 Å². The number of nitrogens with one attached hydrogen (secondary N) is 1. The topological polar surface area (TPSA) is 75.7 Å². The first kappa shape index (κ1) is 29.8. The Bertz CT molecular complexity index is 1170. The second-order valence-electron chi connectivity index (χ2n) is 11.0. The van der Waals surface area contributed by atoms with Gasteiger partial charge in [-0.05, 0) is 74.2 Å². The van der Waals surface area contributed by atoms with Crippen LogP contribution in [0.1, 0.15) is 69.4 Å². The highest BCUT2D eigenvalue weighted by atomic mass is 19.4. The molecule has 1 saturated carbocycles. The molecule has 4 rings (SSSR count). The van der Waals surface area contributed by atoms with E-state index in [1.54, 1.807) is 0 Å². The molecule has 0 aromatic heterocycles. The number of hydrogen-bond acceptors (Lipinski definition) is 5. The molecule has 9 heteroatoms. The maximum Gasteiger partial charge on any atom is 0.491 e. The predicted molar refractivity (Wildman–Crippen MR) is 145 cm³/mol. The number of carbonyl (C=O) groups excluding carboxylic acids is 3. The Morgan fingerprint density at radius 2 is 1.60 bits per heavy atom. The lowest BCUT2D eigenvalue weighted by molar-refractivity contribution is -0.201. The molecule has 1 saturated heterocycles. The van der Waals surface area contributed by atoms with Gasteiger partial charge in [0.25, 0.3) is 0 Å². The van der Waals surface area contributed by atoms with Crippen molar-refractivity contribution < 1.29 is 32.3 Å². The van der Waals surface area contributed by atoms with Crippen LogP contribution in [0.25, 0.3) is 11.1 Å². The maximum atomic E-state index is 13.3. The van der Waals surface area contributed by atoms with Gasteiger partial charge in [-0.3, -0.25) is 9.59 Å². The standard InChI is InChI=1S/C31H37F3N2O4/c1-22-6-5-20-36(22)21-16-23-8-10-24(11-9-23)25-12-14-26(15-13-25)30(17-2-3-18-30)28(38)35-19-4-7-27(37)40-29(39)31(32,33)34/h8-15,22H,2-7,16-21H2,1H3,(H,35,38). The summed E-state index contributed by atoms with van der Waals surface area (Å²) in [5, 5.41) is 2.83. The van der Waals surface area contributed by atoms with E-state index in [4.69, 9.17) is 0 Å². The number of halogens is 3. The average molecular weight is 559 g/mol. The first-order valence-electron chi connectivity index (χ1n) is 14.1. The Hall–Kier alpha value is -3.20. The third-order valence-corrected chi connectivity index (χ3v) is 8.28. The van der Waals surface area contributed by atoms with E-state index in [1.165, 1.54) is 24.9 Å². The number of hydrogen-bond donors (Lipinski definition) is 1. The number of ether oxygens (including phenoxy) is 1. The molecule has 2 aromatic rings. The largest absolute Gasteiger partial charge is 0.491 e. The predicted octanol–water partition coefficient (Wildman–Crippen LogP) is 5.72. The molecule has 1 atom stereocenters. The van der Waals surface area contributed by atoms with Crippen LogP contribution in [0.4, 0.5) is 13.2 Å². The van der Waals surface area contributed by atoms with Crippen molar-refractivity contribution in [3.63, 3.8) is 0 Å². The summed E-state index contributed by atoms with van der Waals surface area (Å²) < 4.78 is 40.4. The number of amides is 1. The Morgan fingerprint density at radius 3 is 2.17 bits per heavy atom. The molecule has 40 heavy (non-hydrogen) atoms. The molecule has 1 unspecified atom stereocenters. The fourth-order valence-corrected chi connectivity index (χ4v) is 5.88. The van der Waals surface area contributed by atoms with E-state index < -0.39 is 30.0 Å². The van der Waals surface area contributed by atoms with Gasteiger partial charge in [-0.1, -0.05) is 61.4 Å². The molecule has 0 bridgehead atoms. The zero-order valence-electron chi connectivity index (χ0n) is 22.9. The van der Waals surface area contributed by atoms with E-state index >= 15 is 0 Å². The highest BCUT2D eigenvalue weighted by Crippen LogP contribution is 2.42. The van der Waals surface area contributed by atoms with Gasteiger partial charge in [0.1, 0.15) is 0 Å². The highest BCUT2D eigenvalue weighted by molar-refractivity contribution is 5.89. The fourth-order valence-electron chi connectivity index (χ4n) is 5.88. The van der Waals surface area contributed by atoms with Crippen LogP contribution in [-0.4, -0.2) is 54.6 Å². The summed E-state index contributed by atoms with van der Waals surface area (Å²) in [5.74, 6) is -3.95. The molecule has 1 amide bonds. The molecule has 0 spiro atoms. The molecule has 6 nitrogen and oxygen atoms in total. The minimum atomic E-state index is -5.22. The van der Waals surface area contributed by atoms with Crippen LogP contribution in [-0.2, 0) is 31.0 Å². The van der Waals surface area contributed by atoms with Crippen molar-refractivity contribution in [3.8, 4) is 11.1 Å². The SMILES string of the molecule is CC1CCCN1CCc1ccc(-c2ccc(C3(C(=O)NCCCC(=O)OC(=O)C(F)(F)F)CCCC3)cc2)cc1. The van der Waals surface area contributed by atoms with E-state index in [2.05, 4.69) is 46.1 Å². The van der Waals surface area contributed by atoms with E-state index in [0.717, 1.165) is 42.5 Å². The number of likely N-dealkylation sites (tertiary alicyclic amines) is 1. The van der Waals surface area contributed by atoms with Crippen LogP contribution < -0.4 is 5.32 Å². The van der Waals surface area contributed by atoms with Gasteiger partial charge in [0.05, 0.1) is 5.41 Å². The third-order valence-electron chi connectivity index (χ3n) is 8.28. The number of benzene rings is 2. The first-order valence-corrected chi connectivity index (χ1v) is 14.1. The molecule has 216 valence electrons. The molecule has 1 N–H and O–H groups in total. The molecule has 1 aliphatic carbocycles. The number of carbonyl (C=O) groups is 3. The highest BCUT2D eigenvalue weighted by Gasteiger charge is 2.43. The van der Waals surface area contributed by atoms with Gasteiger partial charge in [-0.25, -0.2) is 4.79 Å². The normalized spacial score (nSPS) is 18.9. The monoisotopic (exact) mass is 558 g/mol. The molecule has 1 heterocycles. The van der Waals surface area contributed by atoms with Gasteiger partial charge in [0.2, 0.25) is 5.91 Å². The molecular weight excluding hydrogens is 521 g/mol. The van der Waals surface area contributed by atoms with Crippen molar-refractivity contribution in [1.82, 2.24) is 10.2 Å². The number of esters is 2. The molecule has 0 radical (unpaired) electrons. The third kappa shape index (κ3) is 7.30. The lowest BCUT2D eigenvalue weighted by Gasteiger charge is -2.28. The van der Waals surface area contributed by atoms with E-state index in [9.17, 15) is 27.6 Å². The zero-order chi connectivity index (χ0) is 28.8. The average Bonchev–Trinajstić information content (AvgIpc) is 3.60. The molecule has 2 fully saturated rings. The quantitative estimate of drug-likeness (QED) is 0.229. The van der Waals surface area contributed by atoms with E-state index in [-0.39, 0.29) is 18.9 Å². The maximum absolute atomic E-state index is 13.3. The number of alkyl halides is 3. The van der Waals surface area contributed by atoms with Crippen molar-refractivity contribution >= 4 is 17.8 Å². The van der Waals surface area contributed by atoms with Gasteiger partial charge in [-0.2, -0.15) is 13.2 Å². The molecule has 1 aliphatic heterocycles. The Balaban J connectivity index is 1.31. The van der Waals surface area contributed by atoms with Crippen molar-refractivity contribution in [3.05, 3.63) is 59.7 Å². The summed E-state index contributed by atoms with van der Waals surface area (Å²) in [6.07, 6.45) is 1.28. The van der Waals surface area contributed by atoms with Gasteiger partial charge in [0.15, 0.2) is 0 Å². The summed E-state index contributed by atoms with van der Waals surface area (Å²) in [6, 6.07) is 17.4. The molecule has 2 aromatic carbocycles. The lowest BCUT2D eigenvalue weighted by atomic mass is 9.77. The van der Waals surface area contributed by atoms with Crippen LogP contribution in [0.5, 0.6) is 0 Å². The van der Waals surface area contributed by atoms with Gasteiger partial charge in [0, 0.05) is 25.6 Å². The van der Waals surface area contributed by atoms with Crippen molar-refractivity contribution in [2.75, 3.05) is 19.6 Å². The Morgan fingerprint density at radius 1 is 0.975 bits per heavy atom. The zero-order valence-corrected chi connectivity index (χ0v) is 22.9. The minimum Gasteiger partial charge on any atom is -0.386 e. The first-order chi connectivity index (χ1) is 19.1. The summed E-state index contributed by atoms with van der Waals surface area (Å²) in [4.78, 5) is 38.1. The van der Waals surface area contributed by atoms with Crippen molar-refractivity contribution in [2.24, 2.45) is 0 Å². The van der Waals surface area contributed by atoms with Crippen LogP contribution >= 0.6 is 0 Å². The lowest BCUT2D eigenvalue weighted by Crippen LogP contribution is -2.43. The fraction of sp³-hybridized carbons (Fsp3) is 0.516. The minimum absolute atomic E-state index is 0.0672. The van der Waals surface area contributed by atoms with Crippen LogP contribution in [0.3, 0.4) is 0 Å². The number of rotatable bonds is 10. The molecule has 2 aliphatic rings. The smallest absolute Gasteiger partial charge is 0.386 e. The van der Waals surface area contributed by atoms with E-state index in [0.29, 0.717) is 18.9 Å². The second-order valence-corrected chi connectivity index (χ2v) is 11.0. The Labute approximate surface area is 233 Å². The Kier molecular flexibility index (Phi) is 9.66. The van der Waals surface area contributed by atoms with Crippen LogP contribution in [0, 0.1) is 0 Å². The van der Waals surface area contributed by atoms with Crippen LogP contribution in [0.15, 0.2) is 48.5 Å². The summed E-state index contributed by atoms with van der Waals surface area (Å²) >= 11 is 0. The van der Waals surface area contributed by atoms with E-state index in [1.807, 2.05) is 24.3 Å². The second kappa shape index (κ2) is 13.0. The summed E-state index contributed by atoms with van der Waals surface area (Å²) in [5.41, 5.74) is 3.76. The van der Waals surface area contributed by atoms with Gasteiger partial charge < -0.3 is 15.0 Å². The van der Waals surface area contributed by atoms with Crippen LogP contribution in [0.2, 0.25) is 0 Å². The van der Waals surface area contributed by atoms with Gasteiger partial charge in [-0.15, -0.1) is 0 Å².